The molecule has 38 heavy (non-hydrogen) atoms. The summed E-state index contributed by atoms with van der Waals surface area (Å²) in [4.78, 5) is 51.3. The van der Waals surface area contributed by atoms with Crippen molar-refractivity contribution in [3.63, 3.8) is 0 Å². The zero-order valence-electron chi connectivity index (χ0n) is 22.2. The highest BCUT2D eigenvalue weighted by Gasteiger charge is 2.29. The van der Waals surface area contributed by atoms with E-state index in [-0.39, 0.29) is 45.1 Å². The SMILES string of the molecule is CCC1CCC(NC(=O)c2ccc(C(=O)NC3CCC(CC)CC3)c3c(C(=O)O)ccc(C(=O)O)c23)CC1. The Balaban J connectivity index is 1.72. The summed E-state index contributed by atoms with van der Waals surface area (Å²) in [7, 11) is 0. The van der Waals surface area contributed by atoms with Crippen LogP contribution in [0.25, 0.3) is 10.8 Å². The Bertz CT molecular complexity index is 1130. The first-order valence-electron chi connectivity index (χ1n) is 13.9. The number of rotatable bonds is 8. The lowest BCUT2D eigenvalue weighted by molar-refractivity contribution is 0.0684. The number of carboxylic acid groups (broad SMARTS) is 2. The van der Waals surface area contributed by atoms with E-state index < -0.39 is 23.8 Å². The summed E-state index contributed by atoms with van der Waals surface area (Å²) >= 11 is 0. The first-order chi connectivity index (χ1) is 18.2. The molecule has 0 heterocycles. The Morgan fingerprint density at radius 1 is 0.605 bits per heavy atom. The first-order valence-corrected chi connectivity index (χ1v) is 13.9. The minimum atomic E-state index is -1.29. The van der Waals surface area contributed by atoms with E-state index in [2.05, 4.69) is 24.5 Å². The summed E-state index contributed by atoms with van der Waals surface area (Å²) in [6, 6.07) is 5.25. The molecule has 0 unspecified atom stereocenters. The van der Waals surface area contributed by atoms with Gasteiger partial charge in [-0.25, -0.2) is 9.59 Å². The highest BCUT2D eigenvalue weighted by Crippen LogP contribution is 2.33. The van der Waals surface area contributed by atoms with Crippen molar-refractivity contribution in [3.8, 4) is 0 Å². The highest BCUT2D eigenvalue weighted by atomic mass is 16.4. The van der Waals surface area contributed by atoms with E-state index in [9.17, 15) is 29.4 Å². The fraction of sp³-hybridized carbons (Fsp3) is 0.533. The zero-order valence-corrected chi connectivity index (χ0v) is 22.2. The van der Waals surface area contributed by atoms with Crippen molar-refractivity contribution in [3.05, 3.63) is 46.5 Å². The lowest BCUT2D eigenvalue weighted by Crippen LogP contribution is -2.38. The van der Waals surface area contributed by atoms with Crippen LogP contribution in [-0.2, 0) is 0 Å². The maximum absolute atomic E-state index is 13.4. The Kier molecular flexibility index (Phi) is 8.69. The molecule has 204 valence electrons. The maximum Gasteiger partial charge on any atom is 0.336 e. The number of aromatic carboxylic acids is 2. The predicted octanol–water partition coefficient (Wildman–Crippen LogP) is 5.63. The second-order valence-electron chi connectivity index (χ2n) is 10.9. The second kappa shape index (κ2) is 12.0. The monoisotopic (exact) mass is 522 g/mol. The van der Waals surface area contributed by atoms with Crippen LogP contribution >= 0.6 is 0 Å². The van der Waals surface area contributed by atoms with Gasteiger partial charge in [0.1, 0.15) is 0 Å². The number of nitrogens with one attached hydrogen (secondary N) is 2. The van der Waals surface area contributed by atoms with Crippen LogP contribution in [0, 0.1) is 11.8 Å². The molecule has 0 aliphatic heterocycles. The summed E-state index contributed by atoms with van der Waals surface area (Å²) in [5.74, 6) is -2.19. The molecule has 2 fully saturated rings. The fourth-order valence-electron chi connectivity index (χ4n) is 6.19. The number of carbonyl (C=O) groups is 4. The summed E-state index contributed by atoms with van der Waals surface area (Å²) in [6.45, 7) is 4.33. The fourth-order valence-corrected chi connectivity index (χ4v) is 6.19. The van der Waals surface area contributed by atoms with Gasteiger partial charge >= 0.3 is 11.9 Å². The molecular formula is C30H38N2O6. The highest BCUT2D eigenvalue weighted by molar-refractivity contribution is 6.23. The Labute approximate surface area is 223 Å². The van der Waals surface area contributed by atoms with Crippen LogP contribution in [0.15, 0.2) is 24.3 Å². The topological polar surface area (TPSA) is 133 Å². The van der Waals surface area contributed by atoms with Crippen LogP contribution in [0.2, 0.25) is 0 Å². The molecule has 0 aromatic heterocycles. The van der Waals surface area contributed by atoms with Gasteiger partial charge in [-0.2, -0.15) is 0 Å². The number of benzene rings is 2. The van der Waals surface area contributed by atoms with Crippen LogP contribution in [0.1, 0.15) is 119 Å². The largest absolute Gasteiger partial charge is 0.478 e. The van der Waals surface area contributed by atoms with E-state index in [1.54, 1.807) is 0 Å². The zero-order chi connectivity index (χ0) is 27.4. The standard InChI is InChI=1S/C30H38N2O6/c1-3-17-5-9-19(10-6-17)31-27(33)21-13-14-22(28(34)32-20-11-7-18(4-2)8-12-20)26-24(30(37)38)16-15-23(25(21)26)29(35)36/h13-20H,3-12H2,1-2H3,(H,31,33)(H,32,34)(H,35,36)(H,37,38). The average molecular weight is 523 g/mol. The molecule has 2 aliphatic rings. The van der Waals surface area contributed by atoms with Crippen LogP contribution in [0.5, 0.6) is 0 Å². The van der Waals surface area contributed by atoms with Gasteiger partial charge in [-0.3, -0.25) is 9.59 Å². The van der Waals surface area contributed by atoms with Crippen LogP contribution in [0.3, 0.4) is 0 Å². The van der Waals surface area contributed by atoms with Crippen molar-refractivity contribution in [2.45, 2.75) is 90.1 Å². The van der Waals surface area contributed by atoms with Gasteiger partial charge in [-0.15, -0.1) is 0 Å². The third-order valence-corrected chi connectivity index (χ3v) is 8.63. The van der Waals surface area contributed by atoms with Crippen molar-refractivity contribution in [2.24, 2.45) is 11.8 Å². The van der Waals surface area contributed by atoms with Crippen molar-refractivity contribution in [2.75, 3.05) is 0 Å². The molecule has 0 spiro atoms. The number of hydrogen-bond acceptors (Lipinski definition) is 4. The predicted molar refractivity (Wildman–Crippen MR) is 145 cm³/mol. The van der Waals surface area contributed by atoms with Gasteiger partial charge in [-0.05, 0) is 87.5 Å². The summed E-state index contributed by atoms with van der Waals surface area (Å²) < 4.78 is 0. The van der Waals surface area contributed by atoms with Crippen LogP contribution in [-0.4, -0.2) is 46.0 Å². The Morgan fingerprint density at radius 2 is 0.921 bits per heavy atom. The van der Waals surface area contributed by atoms with Gasteiger partial charge in [0.05, 0.1) is 11.1 Å². The molecule has 4 rings (SSSR count). The number of fused-ring (bicyclic) bond motifs is 1. The molecule has 2 aromatic rings. The average Bonchev–Trinajstić information content (AvgIpc) is 2.92. The number of carboxylic acids is 2. The van der Waals surface area contributed by atoms with Gasteiger partial charge in [0.15, 0.2) is 0 Å². The third-order valence-electron chi connectivity index (χ3n) is 8.63. The van der Waals surface area contributed by atoms with Crippen molar-refractivity contribution in [1.29, 1.82) is 0 Å². The molecule has 2 aromatic carbocycles. The molecular weight excluding hydrogens is 484 g/mol. The molecule has 4 N–H and O–H groups in total. The molecule has 2 amide bonds. The quantitative estimate of drug-likeness (QED) is 0.355. The maximum atomic E-state index is 13.4. The van der Waals surface area contributed by atoms with E-state index in [1.165, 1.54) is 24.3 Å². The molecule has 8 nitrogen and oxygen atoms in total. The van der Waals surface area contributed by atoms with Crippen LogP contribution < -0.4 is 10.6 Å². The number of carbonyl (C=O) groups excluding carboxylic acids is 2. The van der Waals surface area contributed by atoms with Crippen molar-refractivity contribution in [1.82, 2.24) is 10.6 Å². The summed E-state index contributed by atoms with van der Waals surface area (Å²) in [6.07, 6.45) is 9.66. The number of amides is 2. The Morgan fingerprint density at radius 3 is 1.21 bits per heavy atom. The van der Waals surface area contributed by atoms with Gasteiger partial charge < -0.3 is 20.8 Å². The smallest absolute Gasteiger partial charge is 0.336 e. The molecule has 0 saturated heterocycles. The summed E-state index contributed by atoms with van der Waals surface area (Å²) in [5.41, 5.74) is -0.276. The molecule has 0 atom stereocenters. The molecule has 0 radical (unpaired) electrons. The van der Waals surface area contributed by atoms with Crippen molar-refractivity contribution >= 4 is 34.5 Å². The molecule has 8 heteroatoms. The lowest BCUT2D eigenvalue weighted by Gasteiger charge is -2.29. The van der Waals surface area contributed by atoms with Gasteiger partial charge in [-0.1, -0.05) is 26.7 Å². The van der Waals surface area contributed by atoms with Crippen LogP contribution in [0.4, 0.5) is 0 Å². The summed E-state index contributed by atoms with van der Waals surface area (Å²) in [5, 5.41) is 25.9. The van der Waals surface area contributed by atoms with Gasteiger partial charge in [0, 0.05) is 34.0 Å². The lowest BCUT2D eigenvalue weighted by atomic mass is 9.84. The molecule has 2 saturated carbocycles. The van der Waals surface area contributed by atoms with E-state index in [1.807, 2.05) is 0 Å². The normalized spacial score (nSPS) is 23.5. The Hall–Kier alpha value is -3.42. The van der Waals surface area contributed by atoms with E-state index >= 15 is 0 Å². The first kappa shape index (κ1) is 27.6. The number of hydrogen-bond donors (Lipinski definition) is 4. The second-order valence-corrected chi connectivity index (χ2v) is 10.9. The minimum absolute atomic E-state index is 0.0144. The van der Waals surface area contributed by atoms with Crippen molar-refractivity contribution < 1.29 is 29.4 Å². The van der Waals surface area contributed by atoms with E-state index in [0.717, 1.165) is 64.2 Å². The van der Waals surface area contributed by atoms with E-state index in [4.69, 9.17) is 0 Å². The van der Waals surface area contributed by atoms with Gasteiger partial charge in [0.2, 0.25) is 0 Å². The van der Waals surface area contributed by atoms with E-state index in [0.29, 0.717) is 11.8 Å². The third kappa shape index (κ3) is 5.84. The minimum Gasteiger partial charge on any atom is -0.478 e. The molecule has 0 bridgehead atoms. The van der Waals surface area contributed by atoms with Gasteiger partial charge in [0.25, 0.3) is 11.8 Å². The molecule has 2 aliphatic carbocycles.